The van der Waals surface area contributed by atoms with Crippen molar-refractivity contribution in [1.29, 1.82) is 0 Å². The first-order valence-electron chi connectivity index (χ1n) is 9.13. The smallest absolute Gasteiger partial charge is 0.311 e. The second-order valence-electron chi connectivity index (χ2n) is 7.23. The third kappa shape index (κ3) is 4.84. The number of nitrogens with one attached hydrogen (secondary N) is 1. The summed E-state index contributed by atoms with van der Waals surface area (Å²) in [7, 11) is -3.06. The number of ether oxygens (including phenoxy) is 1. The average Bonchev–Trinajstić information content (AvgIpc) is 2.93. The molecule has 142 valence electrons. The van der Waals surface area contributed by atoms with Crippen LogP contribution in [0.1, 0.15) is 42.9 Å². The Morgan fingerprint density at radius 1 is 1.23 bits per heavy atom. The normalized spacial score (nSPS) is 22.3. The molecule has 3 rings (SSSR count). The van der Waals surface area contributed by atoms with Crippen molar-refractivity contribution in [3.63, 3.8) is 0 Å². The molecular formula is C19H25NO5S. The number of hydrogen-bond acceptors (Lipinski definition) is 5. The predicted octanol–water partition coefficient (Wildman–Crippen LogP) is 1.34. The maximum absolute atomic E-state index is 12.1. The van der Waals surface area contributed by atoms with Crippen LogP contribution in [0.3, 0.4) is 0 Å². The maximum Gasteiger partial charge on any atom is 0.311 e. The van der Waals surface area contributed by atoms with Gasteiger partial charge in [-0.3, -0.25) is 9.59 Å². The second-order valence-corrected chi connectivity index (χ2v) is 9.46. The minimum atomic E-state index is -3.06. The van der Waals surface area contributed by atoms with Gasteiger partial charge in [0.15, 0.2) is 15.9 Å². The van der Waals surface area contributed by atoms with Crippen LogP contribution in [0.15, 0.2) is 18.2 Å². The van der Waals surface area contributed by atoms with E-state index in [0.717, 1.165) is 18.4 Å². The van der Waals surface area contributed by atoms with Crippen molar-refractivity contribution in [3.05, 3.63) is 34.9 Å². The summed E-state index contributed by atoms with van der Waals surface area (Å²) in [6.07, 6.45) is 4.11. The van der Waals surface area contributed by atoms with Crippen LogP contribution in [-0.2, 0) is 43.4 Å². The van der Waals surface area contributed by atoms with Crippen LogP contribution in [0.4, 0.5) is 0 Å². The molecule has 1 N–H and O–H groups in total. The van der Waals surface area contributed by atoms with E-state index in [-0.39, 0.29) is 17.9 Å². The number of fused-ring (bicyclic) bond motifs is 1. The molecule has 1 amide bonds. The maximum atomic E-state index is 12.1. The SMILES string of the molecule is C[C@H](OC(=O)Cc1ccc2c(c1)CCCC2)C(=O)N[C@H]1CCS(=O)(=O)C1. The first-order chi connectivity index (χ1) is 12.3. The van der Waals surface area contributed by atoms with Crippen molar-refractivity contribution in [1.82, 2.24) is 5.32 Å². The number of sulfone groups is 1. The Morgan fingerprint density at radius 3 is 2.65 bits per heavy atom. The predicted molar refractivity (Wildman–Crippen MR) is 97.5 cm³/mol. The van der Waals surface area contributed by atoms with Crippen molar-refractivity contribution in [3.8, 4) is 0 Å². The van der Waals surface area contributed by atoms with Crippen molar-refractivity contribution in [2.75, 3.05) is 11.5 Å². The molecular weight excluding hydrogens is 354 g/mol. The van der Waals surface area contributed by atoms with E-state index in [9.17, 15) is 18.0 Å². The number of esters is 1. The van der Waals surface area contributed by atoms with Crippen LogP contribution < -0.4 is 5.32 Å². The van der Waals surface area contributed by atoms with E-state index in [1.54, 1.807) is 0 Å². The van der Waals surface area contributed by atoms with Crippen LogP contribution in [0.25, 0.3) is 0 Å². The van der Waals surface area contributed by atoms with Crippen molar-refractivity contribution >= 4 is 21.7 Å². The fourth-order valence-electron chi connectivity index (χ4n) is 3.58. The Hall–Kier alpha value is -1.89. The van der Waals surface area contributed by atoms with Crippen molar-refractivity contribution in [2.24, 2.45) is 0 Å². The molecule has 26 heavy (non-hydrogen) atoms. The third-order valence-electron chi connectivity index (χ3n) is 5.02. The van der Waals surface area contributed by atoms with Crippen molar-refractivity contribution in [2.45, 2.75) is 57.6 Å². The largest absolute Gasteiger partial charge is 0.452 e. The molecule has 1 aliphatic carbocycles. The van der Waals surface area contributed by atoms with Gasteiger partial charge in [-0.15, -0.1) is 0 Å². The van der Waals surface area contributed by atoms with Gasteiger partial charge >= 0.3 is 5.97 Å². The number of hydrogen-bond donors (Lipinski definition) is 1. The van der Waals surface area contributed by atoms with Gasteiger partial charge in [0.05, 0.1) is 17.9 Å². The first kappa shape index (κ1) is 18.9. The molecule has 2 atom stereocenters. The number of rotatable bonds is 5. The molecule has 0 unspecified atom stereocenters. The molecule has 7 heteroatoms. The number of carbonyl (C=O) groups is 2. The van der Waals surface area contributed by atoms with E-state index >= 15 is 0 Å². The van der Waals surface area contributed by atoms with Gasteiger partial charge in [0, 0.05) is 6.04 Å². The number of amides is 1. The van der Waals surface area contributed by atoms with E-state index in [0.29, 0.717) is 6.42 Å². The zero-order chi connectivity index (χ0) is 18.7. The lowest BCUT2D eigenvalue weighted by Gasteiger charge is -2.18. The summed E-state index contributed by atoms with van der Waals surface area (Å²) in [5, 5.41) is 2.65. The summed E-state index contributed by atoms with van der Waals surface area (Å²) in [6, 6.07) is 5.69. The van der Waals surface area contributed by atoms with E-state index in [1.165, 1.54) is 30.9 Å². The lowest BCUT2D eigenvalue weighted by molar-refractivity contribution is -0.154. The molecule has 0 aromatic heterocycles. The van der Waals surface area contributed by atoms with Crippen LogP contribution in [0, 0.1) is 0 Å². The molecule has 0 bridgehead atoms. The summed E-state index contributed by atoms with van der Waals surface area (Å²) in [6.45, 7) is 1.50. The summed E-state index contributed by atoms with van der Waals surface area (Å²) in [5.41, 5.74) is 3.55. The minimum absolute atomic E-state index is 0.0471. The lowest BCUT2D eigenvalue weighted by atomic mass is 9.90. The fourth-order valence-corrected chi connectivity index (χ4v) is 5.26. The Morgan fingerprint density at radius 2 is 1.96 bits per heavy atom. The van der Waals surface area contributed by atoms with Gasteiger partial charge in [-0.2, -0.15) is 0 Å². The average molecular weight is 379 g/mol. The topological polar surface area (TPSA) is 89.5 Å². The standard InChI is InChI=1S/C19H25NO5S/c1-13(19(22)20-17-8-9-26(23,24)12-17)25-18(21)11-14-6-7-15-4-2-3-5-16(15)10-14/h6-7,10,13,17H,2-5,8-9,11-12H2,1H3,(H,20,22)/t13-,17-/m0/s1. The van der Waals surface area contributed by atoms with Crippen molar-refractivity contribution < 1.29 is 22.7 Å². The number of benzene rings is 1. The molecule has 0 spiro atoms. The highest BCUT2D eigenvalue weighted by molar-refractivity contribution is 7.91. The van der Waals surface area contributed by atoms with Gasteiger partial charge in [0.25, 0.3) is 5.91 Å². The van der Waals surface area contributed by atoms with E-state index in [2.05, 4.69) is 17.4 Å². The summed E-state index contributed by atoms with van der Waals surface area (Å²) < 4.78 is 28.1. The van der Waals surface area contributed by atoms with Crippen LogP contribution in [-0.4, -0.2) is 43.9 Å². The highest BCUT2D eigenvalue weighted by atomic mass is 32.2. The van der Waals surface area contributed by atoms with Gasteiger partial charge < -0.3 is 10.1 Å². The number of carbonyl (C=O) groups excluding carboxylic acids is 2. The first-order valence-corrected chi connectivity index (χ1v) is 11.0. The lowest BCUT2D eigenvalue weighted by Crippen LogP contribution is -2.42. The molecule has 2 aliphatic rings. The van der Waals surface area contributed by atoms with E-state index in [1.807, 2.05) is 6.07 Å². The summed E-state index contributed by atoms with van der Waals surface area (Å²) in [5.74, 6) is -0.868. The van der Waals surface area contributed by atoms with Gasteiger partial charge in [-0.1, -0.05) is 18.2 Å². The fraction of sp³-hybridized carbons (Fsp3) is 0.579. The molecule has 1 heterocycles. The Labute approximate surface area is 154 Å². The second kappa shape index (κ2) is 7.78. The zero-order valence-electron chi connectivity index (χ0n) is 15.0. The molecule has 0 radical (unpaired) electrons. The quantitative estimate of drug-likeness (QED) is 0.780. The molecule has 1 aromatic carbocycles. The number of aryl methyl sites for hydroxylation is 2. The minimum Gasteiger partial charge on any atom is -0.452 e. The van der Waals surface area contributed by atoms with Gasteiger partial charge in [0.1, 0.15) is 0 Å². The van der Waals surface area contributed by atoms with Gasteiger partial charge in [-0.25, -0.2) is 8.42 Å². The molecule has 1 fully saturated rings. The van der Waals surface area contributed by atoms with Crippen LogP contribution in [0.5, 0.6) is 0 Å². The monoisotopic (exact) mass is 379 g/mol. The van der Waals surface area contributed by atoms with Gasteiger partial charge in [-0.05, 0) is 55.7 Å². The molecule has 1 saturated heterocycles. The van der Waals surface area contributed by atoms with Crippen LogP contribution >= 0.6 is 0 Å². The van der Waals surface area contributed by atoms with E-state index < -0.39 is 33.9 Å². The van der Waals surface area contributed by atoms with Crippen LogP contribution in [0.2, 0.25) is 0 Å². The highest BCUT2D eigenvalue weighted by Gasteiger charge is 2.30. The molecule has 0 saturated carbocycles. The summed E-state index contributed by atoms with van der Waals surface area (Å²) >= 11 is 0. The molecule has 6 nitrogen and oxygen atoms in total. The van der Waals surface area contributed by atoms with Gasteiger partial charge in [0.2, 0.25) is 0 Å². The summed E-state index contributed by atoms with van der Waals surface area (Å²) in [4.78, 5) is 24.2. The molecule has 1 aromatic rings. The van der Waals surface area contributed by atoms with E-state index in [4.69, 9.17) is 4.74 Å². The Balaban J connectivity index is 1.50. The zero-order valence-corrected chi connectivity index (χ0v) is 15.8. The third-order valence-corrected chi connectivity index (χ3v) is 6.79. The Kier molecular flexibility index (Phi) is 5.65. The highest BCUT2D eigenvalue weighted by Crippen LogP contribution is 2.22. The molecule has 1 aliphatic heterocycles. The Bertz CT molecular complexity index is 802.